The van der Waals surface area contributed by atoms with Gasteiger partial charge < -0.3 is 0 Å². The third kappa shape index (κ3) is 1.37. The molecule has 1 atom stereocenters. The van der Waals surface area contributed by atoms with Gasteiger partial charge in [-0.3, -0.25) is 9.78 Å². The molecule has 0 spiro atoms. The predicted octanol–water partition coefficient (Wildman–Crippen LogP) is 1.83. The summed E-state index contributed by atoms with van der Waals surface area (Å²) in [7, 11) is 0. The Labute approximate surface area is 75.4 Å². The molecule has 1 aliphatic rings. The Morgan fingerprint density at radius 3 is 2.75 bits per heavy atom. The van der Waals surface area contributed by atoms with Crippen LogP contribution in [0.25, 0.3) is 0 Å². The zero-order chi connectivity index (χ0) is 8.39. The summed E-state index contributed by atoms with van der Waals surface area (Å²) in [6, 6.07) is 3.85. The molecule has 0 aliphatic carbocycles. The summed E-state index contributed by atoms with van der Waals surface area (Å²) in [6.45, 7) is 0. The second-order valence-corrected chi connectivity index (χ2v) is 3.89. The average molecular weight is 179 g/mol. The lowest BCUT2D eigenvalue weighted by Crippen LogP contribution is -2.01. The molecule has 62 valence electrons. The molecule has 2 heterocycles. The van der Waals surface area contributed by atoms with E-state index in [1.165, 1.54) is 11.8 Å². The molecule has 1 fully saturated rings. The first-order valence-electron chi connectivity index (χ1n) is 3.94. The number of rotatable bonds is 1. The van der Waals surface area contributed by atoms with Crippen molar-refractivity contribution in [3.8, 4) is 0 Å². The van der Waals surface area contributed by atoms with E-state index in [1.54, 1.807) is 12.4 Å². The van der Waals surface area contributed by atoms with Crippen molar-refractivity contribution in [2.45, 2.75) is 12.3 Å². The lowest BCUT2D eigenvalue weighted by molar-refractivity contribution is -0.111. The molecule has 0 N–H and O–H groups in total. The molecule has 1 saturated heterocycles. The number of nitrogens with zero attached hydrogens (tertiary/aromatic N) is 1. The lowest BCUT2D eigenvalue weighted by Gasteiger charge is -2.04. The normalized spacial score (nSPS) is 23.0. The van der Waals surface area contributed by atoms with Crippen LogP contribution in [-0.2, 0) is 4.79 Å². The zero-order valence-corrected chi connectivity index (χ0v) is 7.38. The topological polar surface area (TPSA) is 30.0 Å². The molecule has 0 aromatic carbocycles. The summed E-state index contributed by atoms with van der Waals surface area (Å²) < 4.78 is 0. The monoisotopic (exact) mass is 179 g/mol. The van der Waals surface area contributed by atoms with E-state index in [2.05, 4.69) is 4.98 Å². The van der Waals surface area contributed by atoms with Crippen molar-refractivity contribution in [3.05, 3.63) is 30.1 Å². The summed E-state index contributed by atoms with van der Waals surface area (Å²) in [5, 5.41) is 0.307. The van der Waals surface area contributed by atoms with Crippen molar-refractivity contribution in [1.29, 1.82) is 0 Å². The predicted molar refractivity (Wildman–Crippen MR) is 49.1 cm³/mol. The fourth-order valence-corrected chi connectivity index (χ4v) is 2.40. The fraction of sp³-hybridized carbons (Fsp3) is 0.333. The van der Waals surface area contributed by atoms with Crippen molar-refractivity contribution in [1.82, 2.24) is 4.98 Å². The largest absolute Gasteiger partial charge is 0.287 e. The zero-order valence-electron chi connectivity index (χ0n) is 6.56. The molecule has 12 heavy (non-hydrogen) atoms. The molecular formula is C9H9NOS. The van der Waals surface area contributed by atoms with Crippen LogP contribution in [0.3, 0.4) is 0 Å². The molecule has 0 radical (unpaired) electrons. The molecule has 0 bridgehead atoms. The van der Waals surface area contributed by atoms with Crippen LogP contribution < -0.4 is 0 Å². The Hall–Kier alpha value is -0.830. The quantitative estimate of drug-likeness (QED) is 0.658. The third-order valence-electron chi connectivity index (χ3n) is 2.04. The van der Waals surface area contributed by atoms with E-state index >= 15 is 0 Å². The van der Waals surface area contributed by atoms with Crippen molar-refractivity contribution < 1.29 is 4.79 Å². The molecule has 0 amide bonds. The van der Waals surface area contributed by atoms with Crippen LogP contribution in [0.2, 0.25) is 0 Å². The smallest absolute Gasteiger partial charge is 0.196 e. The van der Waals surface area contributed by atoms with Gasteiger partial charge in [-0.1, -0.05) is 11.8 Å². The maximum absolute atomic E-state index is 11.3. The minimum atomic E-state index is 0.123. The number of pyridine rings is 1. The maximum Gasteiger partial charge on any atom is 0.196 e. The first-order chi connectivity index (χ1) is 5.88. The van der Waals surface area contributed by atoms with E-state index in [9.17, 15) is 4.79 Å². The van der Waals surface area contributed by atoms with Gasteiger partial charge in [-0.25, -0.2) is 0 Å². The Morgan fingerprint density at radius 2 is 2.17 bits per heavy atom. The van der Waals surface area contributed by atoms with E-state index < -0.39 is 0 Å². The van der Waals surface area contributed by atoms with Crippen LogP contribution in [0, 0.1) is 0 Å². The van der Waals surface area contributed by atoms with Gasteiger partial charge in [0.2, 0.25) is 0 Å². The highest BCUT2D eigenvalue weighted by Crippen LogP contribution is 2.33. The Kier molecular flexibility index (Phi) is 2.13. The molecule has 1 aromatic heterocycles. The van der Waals surface area contributed by atoms with E-state index in [0.29, 0.717) is 5.12 Å². The van der Waals surface area contributed by atoms with Crippen molar-refractivity contribution in [2.75, 3.05) is 5.75 Å². The van der Waals surface area contributed by atoms with Crippen LogP contribution in [0.1, 0.15) is 17.9 Å². The van der Waals surface area contributed by atoms with Crippen LogP contribution >= 0.6 is 11.8 Å². The Bertz CT molecular complexity index is 286. The maximum atomic E-state index is 11.3. The van der Waals surface area contributed by atoms with E-state index in [0.717, 1.165) is 17.7 Å². The van der Waals surface area contributed by atoms with Gasteiger partial charge in [0, 0.05) is 18.1 Å². The van der Waals surface area contributed by atoms with E-state index in [-0.39, 0.29) is 5.92 Å². The summed E-state index contributed by atoms with van der Waals surface area (Å²) in [5.74, 6) is 1.09. The summed E-state index contributed by atoms with van der Waals surface area (Å²) in [5.41, 5.74) is 1.11. The second kappa shape index (κ2) is 3.27. The Balaban J connectivity index is 2.25. The number of hydrogen-bond acceptors (Lipinski definition) is 3. The lowest BCUT2D eigenvalue weighted by atomic mass is 10.00. The van der Waals surface area contributed by atoms with Gasteiger partial charge in [0.05, 0.1) is 5.92 Å². The van der Waals surface area contributed by atoms with Gasteiger partial charge >= 0.3 is 0 Å². The number of carbonyl (C=O) groups excluding carboxylic acids is 1. The van der Waals surface area contributed by atoms with Gasteiger partial charge in [0.1, 0.15) is 0 Å². The van der Waals surface area contributed by atoms with Gasteiger partial charge in [-0.2, -0.15) is 0 Å². The summed E-state index contributed by atoms with van der Waals surface area (Å²) >= 11 is 1.44. The summed E-state index contributed by atoms with van der Waals surface area (Å²) in [6.07, 6.45) is 4.46. The van der Waals surface area contributed by atoms with Gasteiger partial charge in [0.15, 0.2) is 5.12 Å². The standard InChI is InChI=1S/C9H9NOS/c11-9-8(3-6-12-9)7-1-4-10-5-2-7/h1-2,4-5,8H,3,6H2/t8-/m1/s1. The molecule has 2 rings (SSSR count). The first kappa shape index (κ1) is 7.80. The second-order valence-electron chi connectivity index (χ2n) is 2.79. The molecule has 1 aromatic rings. The van der Waals surface area contributed by atoms with Gasteiger partial charge in [-0.15, -0.1) is 0 Å². The SMILES string of the molecule is O=C1SCC[C@@H]1c1ccncc1. The van der Waals surface area contributed by atoms with Crippen LogP contribution in [-0.4, -0.2) is 15.9 Å². The van der Waals surface area contributed by atoms with E-state index in [1.807, 2.05) is 12.1 Å². The van der Waals surface area contributed by atoms with Crippen molar-refractivity contribution in [2.24, 2.45) is 0 Å². The van der Waals surface area contributed by atoms with Crippen LogP contribution in [0.15, 0.2) is 24.5 Å². The number of aromatic nitrogens is 1. The number of thioether (sulfide) groups is 1. The highest BCUT2D eigenvalue weighted by atomic mass is 32.2. The highest BCUT2D eigenvalue weighted by Gasteiger charge is 2.26. The summed E-state index contributed by atoms with van der Waals surface area (Å²) in [4.78, 5) is 15.2. The van der Waals surface area contributed by atoms with Crippen molar-refractivity contribution in [3.63, 3.8) is 0 Å². The molecule has 3 heteroatoms. The van der Waals surface area contributed by atoms with Gasteiger partial charge in [0.25, 0.3) is 0 Å². The Morgan fingerprint density at radius 1 is 1.42 bits per heavy atom. The molecular weight excluding hydrogens is 170 g/mol. The third-order valence-corrected chi connectivity index (χ3v) is 3.05. The van der Waals surface area contributed by atoms with Crippen LogP contribution in [0.5, 0.6) is 0 Å². The van der Waals surface area contributed by atoms with E-state index in [4.69, 9.17) is 0 Å². The first-order valence-corrected chi connectivity index (χ1v) is 4.93. The molecule has 2 nitrogen and oxygen atoms in total. The molecule has 1 aliphatic heterocycles. The number of carbonyl (C=O) groups is 1. The highest BCUT2D eigenvalue weighted by molar-refractivity contribution is 8.14. The minimum absolute atomic E-state index is 0.123. The van der Waals surface area contributed by atoms with Crippen LogP contribution in [0.4, 0.5) is 0 Å². The van der Waals surface area contributed by atoms with Crippen molar-refractivity contribution >= 4 is 16.9 Å². The molecule has 0 saturated carbocycles. The minimum Gasteiger partial charge on any atom is -0.287 e. The fourth-order valence-electron chi connectivity index (χ4n) is 1.39. The number of hydrogen-bond donors (Lipinski definition) is 0. The van der Waals surface area contributed by atoms with Gasteiger partial charge in [-0.05, 0) is 24.1 Å². The molecule has 0 unspecified atom stereocenters. The average Bonchev–Trinajstić information content (AvgIpc) is 2.53.